The van der Waals surface area contributed by atoms with Crippen LogP contribution >= 0.6 is 0 Å². The molecule has 4 heteroatoms. The minimum atomic E-state index is -0.383. The number of carbonyl (C=O) groups is 1. The summed E-state index contributed by atoms with van der Waals surface area (Å²) in [5.74, 6) is 0.0318. The number of carbonyl (C=O) groups excluding carboxylic acids is 1. The molecule has 0 aliphatic rings. The van der Waals surface area contributed by atoms with E-state index < -0.39 is 0 Å². The maximum Gasteiger partial charge on any atom is 0.221 e. The maximum atomic E-state index is 11.1. The summed E-state index contributed by atoms with van der Waals surface area (Å²) in [6, 6.07) is 1.91. The second-order valence-corrected chi connectivity index (χ2v) is 3.91. The van der Waals surface area contributed by atoms with E-state index in [2.05, 4.69) is 5.32 Å². The first-order valence-corrected chi connectivity index (χ1v) is 5.71. The third kappa shape index (κ3) is 3.70. The fourth-order valence-corrected chi connectivity index (χ4v) is 1.59. The minimum Gasteiger partial charge on any atom is -0.388 e. The topological polar surface area (TPSA) is 54.3 Å². The first-order chi connectivity index (χ1) is 7.67. The minimum absolute atomic E-state index is 0.0318. The van der Waals surface area contributed by atoms with Crippen LogP contribution in [0.25, 0.3) is 0 Å². The van der Waals surface area contributed by atoms with Gasteiger partial charge in [0.2, 0.25) is 5.91 Å². The van der Waals surface area contributed by atoms with Gasteiger partial charge in [-0.1, -0.05) is 13.3 Å². The van der Waals surface area contributed by atoms with Gasteiger partial charge < -0.3 is 15.0 Å². The molecule has 2 N–H and O–H groups in total. The molecule has 4 nitrogen and oxygen atoms in total. The zero-order valence-electron chi connectivity index (χ0n) is 9.94. The number of hydrogen-bond donors (Lipinski definition) is 2. The highest BCUT2D eigenvalue weighted by atomic mass is 16.3. The van der Waals surface area contributed by atoms with Crippen molar-refractivity contribution >= 4 is 5.91 Å². The first-order valence-electron chi connectivity index (χ1n) is 5.71. The third-order valence-corrected chi connectivity index (χ3v) is 2.60. The Hall–Kier alpha value is -1.29. The molecule has 0 saturated heterocycles. The van der Waals surface area contributed by atoms with Gasteiger partial charge in [0, 0.05) is 32.4 Å². The van der Waals surface area contributed by atoms with Crippen LogP contribution in [0.5, 0.6) is 0 Å². The van der Waals surface area contributed by atoms with E-state index >= 15 is 0 Å². The van der Waals surface area contributed by atoms with Gasteiger partial charge in [-0.2, -0.15) is 0 Å². The van der Waals surface area contributed by atoms with Gasteiger partial charge in [0.25, 0.3) is 0 Å². The van der Waals surface area contributed by atoms with Crippen LogP contribution in [0.1, 0.15) is 37.9 Å². The Morgan fingerprint density at radius 3 is 3.00 bits per heavy atom. The van der Waals surface area contributed by atoms with E-state index in [9.17, 15) is 9.90 Å². The standard InChI is InChI=1S/C12H20N2O2/c1-3-4-11(15)10-5-7-14(9-10)8-6-12(16)13-2/h5,7,9,11,15H,3-4,6,8H2,1-2H3,(H,13,16). The van der Waals surface area contributed by atoms with Gasteiger partial charge in [0.05, 0.1) is 6.10 Å². The molecule has 0 fully saturated rings. The number of aromatic nitrogens is 1. The molecule has 0 spiro atoms. The van der Waals surface area contributed by atoms with Gasteiger partial charge in [-0.15, -0.1) is 0 Å². The summed E-state index contributed by atoms with van der Waals surface area (Å²) in [6.07, 6.45) is 5.63. The zero-order valence-corrected chi connectivity index (χ0v) is 9.94. The summed E-state index contributed by atoms with van der Waals surface area (Å²) >= 11 is 0. The molecule has 1 amide bonds. The number of nitrogens with zero attached hydrogens (tertiary/aromatic N) is 1. The van der Waals surface area contributed by atoms with Crippen molar-refractivity contribution in [3.63, 3.8) is 0 Å². The molecule has 0 saturated carbocycles. The monoisotopic (exact) mass is 224 g/mol. The number of hydrogen-bond acceptors (Lipinski definition) is 2. The lowest BCUT2D eigenvalue weighted by molar-refractivity contribution is -0.120. The number of amides is 1. The summed E-state index contributed by atoms with van der Waals surface area (Å²) in [4.78, 5) is 11.1. The average molecular weight is 224 g/mol. The van der Waals surface area contributed by atoms with Crippen LogP contribution in [0.3, 0.4) is 0 Å². The Morgan fingerprint density at radius 1 is 1.62 bits per heavy atom. The summed E-state index contributed by atoms with van der Waals surface area (Å²) < 4.78 is 1.93. The lowest BCUT2D eigenvalue weighted by Crippen LogP contribution is -2.19. The largest absolute Gasteiger partial charge is 0.388 e. The molecule has 0 aliphatic carbocycles. The Labute approximate surface area is 96.3 Å². The number of aliphatic hydroxyl groups excluding tert-OH is 1. The molecule has 1 unspecified atom stereocenters. The first kappa shape index (κ1) is 12.8. The van der Waals surface area contributed by atoms with Crippen LogP contribution in [0.4, 0.5) is 0 Å². The summed E-state index contributed by atoms with van der Waals surface area (Å²) in [5, 5.41) is 12.3. The number of aryl methyl sites for hydroxylation is 1. The Bertz CT molecular complexity index is 334. The second-order valence-electron chi connectivity index (χ2n) is 3.91. The van der Waals surface area contributed by atoms with Gasteiger partial charge in [-0.25, -0.2) is 0 Å². The molecule has 1 aromatic rings. The fraction of sp³-hybridized carbons (Fsp3) is 0.583. The van der Waals surface area contributed by atoms with Crippen molar-refractivity contribution in [2.45, 2.75) is 38.8 Å². The van der Waals surface area contributed by atoms with E-state index in [0.717, 1.165) is 18.4 Å². The third-order valence-electron chi connectivity index (χ3n) is 2.60. The maximum absolute atomic E-state index is 11.1. The van der Waals surface area contributed by atoms with Crippen molar-refractivity contribution < 1.29 is 9.90 Å². The average Bonchev–Trinajstić information content (AvgIpc) is 2.75. The van der Waals surface area contributed by atoms with Crippen molar-refractivity contribution in [1.29, 1.82) is 0 Å². The molecule has 1 rings (SSSR count). The van der Waals surface area contributed by atoms with Crippen LogP contribution < -0.4 is 5.32 Å². The molecule has 1 heterocycles. The van der Waals surface area contributed by atoms with E-state index in [4.69, 9.17) is 0 Å². The summed E-state index contributed by atoms with van der Waals surface area (Å²) in [5.41, 5.74) is 0.929. The Kier molecular flexibility index (Phi) is 5.05. The highest BCUT2D eigenvalue weighted by Crippen LogP contribution is 2.18. The van der Waals surface area contributed by atoms with E-state index in [1.807, 2.05) is 30.0 Å². The molecule has 90 valence electrons. The van der Waals surface area contributed by atoms with E-state index in [0.29, 0.717) is 13.0 Å². The zero-order chi connectivity index (χ0) is 12.0. The Balaban J connectivity index is 2.48. The molecule has 16 heavy (non-hydrogen) atoms. The van der Waals surface area contributed by atoms with Crippen molar-refractivity contribution in [2.75, 3.05) is 7.05 Å². The predicted molar refractivity (Wildman–Crippen MR) is 63.0 cm³/mol. The molecule has 1 atom stereocenters. The highest BCUT2D eigenvalue weighted by molar-refractivity contribution is 5.75. The van der Waals surface area contributed by atoms with E-state index in [1.54, 1.807) is 7.05 Å². The van der Waals surface area contributed by atoms with Crippen LogP contribution in [0.15, 0.2) is 18.5 Å². The predicted octanol–water partition coefficient (Wildman–Crippen LogP) is 1.46. The normalized spacial score (nSPS) is 12.4. The molecule has 1 aromatic heterocycles. The van der Waals surface area contributed by atoms with Crippen molar-refractivity contribution in [1.82, 2.24) is 9.88 Å². The van der Waals surface area contributed by atoms with Gasteiger partial charge in [-0.05, 0) is 18.1 Å². The number of rotatable bonds is 6. The summed E-state index contributed by atoms with van der Waals surface area (Å²) in [6.45, 7) is 2.70. The lowest BCUT2D eigenvalue weighted by atomic mass is 10.1. The SMILES string of the molecule is CCCC(O)c1ccn(CCC(=O)NC)c1. The van der Waals surface area contributed by atoms with Crippen LogP contribution in [0.2, 0.25) is 0 Å². The molecule has 0 radical (unpaired) electrons. The lowest BCUT2D eigenvalue weighted by Gasteiger charge is -2.06. The second kappa shape index (κ2) is 6.33. The highest BCUT2D eigenvalue weighted by Gasteiger charge is 2.08. The van der Waals surface area contributed by atoms with E-state index in [1.165, 1.54) is 0 Å². The Morgan fingerprint density at radius 2 is 2.38 bits per heavy atom. The van der Waals surface area contributed by atoms with Crippen molar-refractivity contribution in [3.05, 3.63) is 24.0 Å². The number of nitrogens with one attached hydrogen (secondary N) is 1. The molecule has 0 bridgehead atoms. The van der Waals surface area contributed by atoms with E-state index in [-0.39, 0.29) is 12.0 Å². The molecule has 0 aromatic carbocycles. The number of aliphatic hydroxyl groups is 1. The van der Waals surface area contributed by atoms with Gasteiger partial charge >= 0.3 is 0 Å². The van der Waals surface area contributed by atoms with Crippen molar-refractivity contribution in [2.24, 2.45) is 0 Å². The van der Waals surface area contributed by atoms with Crippen molar-refractivity contribution in [3.8, 4) is 0 Å². The van der Waals surface area contributed by atoms with Gasteiger partial charge in [-0.3, -0.25) is 4.79 Å². The quantitative estimate of drug-likeness (QED) is 0.768. The smallest absolute Gasteiger partial charge is 0.221 e. The van der Waals surface area contributed by atoms with Gasteiger partial charge in [0.15, 0.2) is 0 Å². The molecular formula is C12H20N2O2. The van der Waals surface area contributed by atoms with Crippen LogP contribution in [0, 0.1) is 0 Å². The van der Waals surface area contributed by atoms with Crippen LogP contribution in [-0.2, 0) is 11.3 Å². The fourth-order valence-electron chi connectivity index (χ4n) is 1.59. The van der Waals surface area contributed by atoms with Gasteiger partial charge in [0.1, 0.15) is 0 Å². The molecule has 0 aliphatic heterocycles. The van der Waals surface area contributed by atoms with Crippen LogP contribution in [-0.4, -0.2) is 22.6 Å². The molecular weight excluding hydrogens is 204 g/mol. The summed E-state index contributed by atoms with van der Waals surface area (Å²) in [7, 11) is 1.63.